The number of hydrogen-bond acceptors (Lipinski definition) is 4. The van der Waals surface area contributed by atoms with E-state index in [1.807, 2.05) is 31.1 Å². The summed E-state index contributed by atoms with van der Waals surface area (Å²) in [5.74, 6) is 0.784. The number of ether oxygens (including phenoxy) is 1. The summed E-state index contributed by atoms with van der Waals surface area (Å²) < 4.78 is 40.2. The normalized spacial score (nSPS) is 11.5. The van der Waals surface area contributed by atoms with E-state index in [2.05, 4.69) is 20.0 Å². The lowest BCUT2D eigenvalue weighted by molar-refractivity contribution is -0.274. The molecule has 2 rings (SSSR count). The molecule has 3 N–H and O–H groups in total. The zero-order chi connectivity index (χ0) is 19.2. The second-order valence-corrected chi connectivity index (χ2v) is 5.63. The fourth-order valence-electron chi connectivity index (χ4n) is 2.19. The van der Waals surface area contributed by atoms with E-state index in [1.165, 1.54) is 24.3 Å². The molecule has 0 aliphatic rings. The minimum absolute atomic E-state index is 0. The maximum Gasteiger partial charge on any atom is 0.573 e. The van der Waals surface area contributed by atoms with Crippen molar-refractivity contribution in [1.29, 1.82) is 0 Å². The molecule has 0 spiro atoms. The van der Waals surface area contributed by atoms with Gasteiger partial charge in [0.25, 0.3) is 0 Å². The molecule has 0 saturated carbocycles. The SMILES string of the molecule is CN(C)c1ncccc1CNC(N)=NCc1ccc(OC(F)(F)F)cc1.I. The lowest BCUT2D eigenvalue weighted by Crippen LogP contribution is -2.31. The Labute approximate surface area is 172 Å². The van der Waals surface area contributed by atoms with Gasteiger partial charge < -0.3 is 20.7 Å². The lowest BCUT2D eigenvalue weighted by atomic mass is 10.2. The molecule has 0 atom stereocenters. The first kappa shape index (κ1) is 22.8. The van der Waals surface area contributed by atoms with Gasteiger partial charge in [-0.2, -0.15) is 0 Å². The zero-order valence-corrected chi connectivity index (χ0v) is 17.2. The maximum absolute atomic E-state index is 12.1. The second-order valence-electron chi connectivity index (χ2n) is 5.63. The molecule has 0 bridgehead atoms. The number of guanidine groups is 1. The van der Waals surface area contributed by atoms with Crippen LogP contribution in [0, 0.1) is 0 Å². The van der Waals surface area contributed by atoms with Gasteiger partial charge in [-0.25, -0.2) is 9.98 Å². The maximum atomic E-state index is 12.1. The fourth-order valence-corrected chi connectivity index (χ4v) is 2.19. The molecule has 0 amide bonds. The monoisotopic (exact) mass is 495 g/mol. The third kappa shape index (κ3) is 7.89. The summed E-state index contributed by atoms with van der Waals surface area (Å²) in [5.41, 5.74) is 7.51. The highest BCUT2D eigenvalue weighted by Crippen LogP contribution is 2.22. The quantitative estimate of drug-likeness (QED) is 0.366. The molecule has 6 nitrogen and oxygen atoms in total. The number of alkyl halides is 3. The van der Waals surface area contributed by atoms with Crippen LogP contribution >= 0.6 is 24.0 Å². The minimum atomic E-state index is -4.70. The predicted molar refractivity (Wildman–Crippen MR) is 109 cm³/mol. The molecule has 1 aromatic heterocycles. The van der Waals surface area contributed by atoms with Gasteiger partial charge in [-0.05, 0) is 23.8 Å². The Morgan fingerprint density at radius 1 is 1.22 bits per heavy atom. The van der Waals surface area contributed by atoms with Crippen molar-refractivity contribution in [3.05, 3.63) is 53.7 Å². The van der Waals surface area contributed by atoms with E-state index >= 15 is 0 Å². The predicted octanol–water partition coefficient (Wildman–Crippen LogP) is 3.27. The average molecular weight is 495 g/mol. The van der Waals surface area contributed by atoms with Crippen LogP contribution < -0.4 is 20.7 Å². The number of benzene rings is 1. The van der Waals surface area contributed by atoms with Gasteiger partial charge in [0.15, 0.2) is 5.96 Å². The van der Waals surface area contributed by atoms with Crippen LogP contribution in [-0.4, -0.2) is 31.4 Å². The first-order chi connectivity index (χ1) is 12.2. The van der Waals surface area contributed by atoms with Crippen LogP contribution in [0.1, 0.15) is 11.1 Å². The average Bonchev–Trinajstić information content (AvgIpc) is 2.58. The molecule has 148 valence electrons. The number of aromatic nitrogens is 1. The molecule has 0 fully saturated rings. The number of anilines is 1. The summed E-state index contributed by atoms with van der Waals surface area (Å²) in [6.07, 6.45) is -2.99. The summed E-state index contributed by atoms with van der Waals surface area (Å²) in [4.78, 5) is 10.4. The van der Waals surface area contributed by atoms with Crippen molar-refractivity contribution in [3.63, 3.8) is 0 Å². The Morgan fingerprint density at radius 2 is 1.89 bits per heavy atom. The molecule has 0 unspecified atom stereocenters. The number of nitrogens with zero attached hydrogens (tertiary/aromatic N) is 3. The smallest absolute Gasteiger partial charge is 0.406 e. The first-order valence-corrected chi connectivity index (χ1v) is 7.74. The van der Waals surface area contributed by atoms with Crippen LogP contribution in [0.25, 0.3) is 0 Å². The molecule has 0 radical (unpaired) electrons. The standard InChI is InChI=1S/C17H20F3N5O.HI/c1-25(2)15-13(4-3-9-22-15)11-24-16(21)23-10-12-5-7-14(8-6-12)26-17(18,19)20;/h3-9H,10-11H2,1-2H3,(H3,21,23,24);1H. The van der Waals surface area contributed by atoms with Crippen LogP contribution in [0.15, 0.2) is 47.6 Å². The van der Waals surface area contributed by atoms with Crippen molar-refractivity contribution in [3.8, 4) is 5.75 Å². The second kappa shape index (κ2) is 10.2. The van der Waals surface area contributed by atoms with E-state index < -0.39 is 6.36 Å². The molecule has 2 aromatic rings. The fraction of sp³-hybridized carbons (Fsp3) is 0.294. The Balaban J connectivity index is 0.00000364. The highest BCUT2D eigenvalue weighted by atomic mass is 127. The Hall–Kier alpha value is -2.24. The number of nitrogens with two attached hydrogens (primary N) is 1. The summed E-state index contributed by atoms with van der Waals surface area (Å²) in [6.45, 7) is 0.688. The van der Waals surface area contributed by atoms with Crippen LogP contribution in [-0.2, 0) is 13.1 Å². The van der Waals surface area contributed by atoms with Gasteiger partial charge in [-0.3, -0.25) is 0 Å². The van der Waals surface area contributed by atoms with E-state index in [9.17, 15) is 13.2 Å². The van der Waals surface area contributed by atoms with E-state index in [0.29, 0.717) is 12.1 Å². The van der Waals surface area contributed by atoms with E-state index in [1.54, 1.807) is 6.20 Å². The number of nitrogens with one attached hydrogen (secondary N) is 1. The molecule has 27 heavy (non-hydrogen) atoms. The van der Waals surface area contributed by atoms with Gasteiger partial charge in [0.2, 0.25) is 0 Å². The van der Waals surface area contributed by atoms with Crippen LogP contribution in [0.3, 0.4) is 0 Å². The molecule has 1 heterocycles. The summed E-state index contributed by atoms with van der Waals surface area (Å²) in [6, 6.07) is 9.25. The number of halogens is 4. The highest BCUT2D eigenvalue weighted by molar-refractivity contribution is 14.0. The van der Waals surface area contributed by atoms with Crippen LogP contribution in [0.2, 0.25) is 0 Å². The van der Waals surface area contributed by atoms with Crippen LogP contribution in [0.5, 0.6) is 5.75 Å². The molecular weight excluding hydrogens is 474 g/mol. The molecular formula is C17H21F3IN5O. The van der Waals surface area contributed by atoms with Crippen molar-refractivity contribution in [2.24, 2.45) is 10.7 Å². The largest absolute Gasteiger partial charge is 0.573 e. The van der Waals surface area contributed by atoms with Crippen molar-refractivity contribution in [2.45, 2.75) is 19.5 Å². The Kier molecular flexibility index (Phi) is 8.60. The van der Waals surface area contributed by atoms with Gasteiger partial charge in [0.05, 0.1) is 6.54 Å². The van der Waals surface area contributed by atoms with Crippen molar-refractivity contribution >= 4 is 35.8 Å². The Morgan fingerprint density at radius 3 is 2.48 bits per heavy atom. The van der Waals surface area contributed by atoms with Gasteiger partial charge in [0.1, 0.15) is 11.6 Å². The molecule has 0 saturated heterocycles. The number of aliphatic imine (C=N–C) groups is 1. The van der Waals surface area contributed by atoms with E-state index in [0.717, 1.165) is 11.4 Å². The topological polar surface area (TPSA) is 75.8 Å². The molecule has 1 aromatic carbocycles. The number of hydrogen-bond donors (Lipinski definition) is 2. The molecule has 0 aliphatic heterocycles. The van der Waals surface area contributed by atoms with Gasteiger partial charge in [0, 0.05) is 32.4 Å². The third-order valence-electron chi connectivity index (χ3n) is 3.34. The summed E-state index contributed by atoms with van der Waals surface area (Å²) in [5, 5.41) is 2.99. The molecule has 0 aliphatic carbocycles. The van der Waals surface area contributed by atoms with Gasteiger partial charge in [-0.15, -0.1) is 37.1 Å². The van der Waals surface area contributed by atoms with Crippen molar-refractivity contribution < 1.29 is 17.9 Å². The highest BCUT2D eigenvalue weighted by Gasteiger charge is 2.30. The van der Waals surface area contributed by atoms with Crippen LogP contribution in [0.4, 0.5) is 19.0 Å². The van der Waals surface area contributed by atoms with E-state index in [-0.39, 0.29) is 42.2 Å². The first-order valence-electron chi connectivity index (χ1n) is 7.74. The third-order valence-corrected chi connectivity index (χ3v) is 3.34. The number of pyridine rings is 1. The van der Waals surface area contributed by atoms with Gasteiger partial charge >= 0.3 is 6.36 Å². The summed E-state index contributed by atoms with van der Waals surface area (Å²) >= 11 is 0. The van der Waals surface area contributed by atoms with E-state index in [4.69, 9.17) is 5.73 Å². The summed E-state index contributed by atoms with van der Waals surface area (Å²) in [7, 11) is 3.80. The minimum Gasteiger partial charge on any atom is -0.406 e. The molecule has 10 heteroatoms. The lowest BCUT2D eigenvalue weighted by Gasteiger charge is -2.16. The van der Waals surface area contributed by atoms with Crippen molar-refractivity contribution in [2.75, 3.05) is 19.0 Å². The van der Waals surface area contributed by atoms with Gasteiger partial charge in [-0.1, -0.05) is 18.2 Å². The number of rotatable bonds is 6. The zero-order valence-electron chi connectivity index (χ0n) is 14.8. The van der Waals surface area contributed by atoms with Crippen molar-refractivity contribution in [1.82, 2.24) is 10.3 Å². The Bertz CT molecular complexity index is 751.